The number of hydrogen-bond acceptors (Lipinski definition) is 4. The van der Waals surface area contributed by atoms with Crippen molar-refractivity contribution in [2.75, 3.05) is 17.7 Å². The van der Waals surface area contributed by atoms with Crippen LogP contribution in [-0.4, -0.2) is 18.9 Å². The SMILES string of the molecule is CCCC(CCC)C(=O)Nc1c(C(=O)Nc2cccc(OC)c2)oc2ccccc12. The summed E-state index contributed by atoms with van der Waals surface area (Å²) in [7, 11) is 1.57. The van der Waals surface area contributed by atoms with Crippen LogP contribution >= 0.6 is 0 Å². The van der Waals surface area contributed by atoms with Crippen LogP contribution in [-0.2, 0) is 4.79 Å². The van der Waals surface area contributed by atoms with Gasteiger partial charge in [-0.3, -0.25) is 9.59 Å². The number of para-hydroxylation sites is 1. The maximum Gasteiger partial charge on any atom is 0.293 e. The summed E-state index contributed by atoms with van der Waals surface area (Å²) in [6, 6.07) is 14.4. The van der Waals surface area contributed by atoms with E-state index < -0.39 is 5.91 Å². The fraction of sp³-hybridized carbons (Fsp3) is 0.333. The number of ether oxygens (including phenoxy) is 1. The Bertz CT molecular complexity index is 1020. The lowest BCUT2D eigenvalue weighted by Gasteiger charge is -2.15. The largest absolute Gasteiger partial charge is 0.497 e. The van der Waals surface area contributed by atoms with Gasteiger partial charge >= 0.3 is 0 Å². The Morgan fingerprint density at radius 1 is 1.00 bits per heavy atom. The van der Waals surface area contributed by atoms with Gasteiger partial charge in [0.25, 0.3) is 5.91 Å². The maximum absolute atomic E-state index is 13.0. The molecule has 0 aliphatic heterocycles. The first-order valence-electron chi connectivity index (χ1n) is 10.3. The standard InChI is InChI=1S/C24H28N2O4/c1-4-9-16(10-5-2)23(27)26-21-19-13-6-7-14-20(19)30-22(21)24(28)25-17-11-8-12-18(15-17)29-3/h6-8,11-16H,4-5,9-10H2,1-3H3,(H,25,28)(H,26,27). The lowest BCUT2D eigenvalue weighted by molar-refractivity contribution is -0.120. The maximum atomic E-state index is 13.0. The molecule has 0 atom stereocenters. The minimum absolute atomic E-state index is 0.0825. The molecule has 0 bridgehead atoms. The van der Waals surface area contributed by atoms with Crippen molar-refractivity contribution < 1.29 is 18.7 Å². The fourth-order valence-corrected chi connectivity index (χ4v) is 3.55. The molecular formula is C24H28N2O4. The Hall–Kier alpha value is -3.28. The van der Waals surface area contributed by atoms with Gasteiger partial charge in [-0.15, -0.1) is 0 Å². The molecule has 3 aromatic rings. The van der Waals surface area contributed by atoms with Gasteiger partial charge in [-0.05, 0) is 37.1 Å². The normalized spacial score (nSPS) is 10.9. The summed E-state index contributed by atoms with van der Waals surface area (Å²) in [6.07, 6.45) is 3.46. The van der Waals surface area contributed by atoms with Crippen LogP contribution in [0, 0.1) is 5.92 Å². The quantitative estimate of drug-likeness (QED) is 0.465. The van der Waals surface area contributed by atoms with Crippen molar-refractivity contribution in [1.29, 1.82) is 0 Å². The van der Waals surface area contributed by atoms with E-state index in [0.29, 0.717) is 28.1 Å². The molecule has 6 nitrogen and oxygen atoms in total. The van der Waals surface area contributed by atoms with Crippen molar-refractivity contribution in [3.63, 3.8) is 0 Å². The molecule has 2 N–H and O–H groups in total. The first-order valence-corrected chi connectivity index (χ1v) is 10.3. The Morgan fingerprint density at radius 3 is 2.43 bits per heavy atom. The molecule has 0 aliphatic rings. The van der Waals surface area contributed by atoms with E-state index in [-0.39, 0.29) is 17.6 Å². The second-order valence-electron chi connectivity index (χ2n) is 7.25. The number of anilines is 2. The molecule has 0 saturated carbocycles. The smallest absolute Gasteiger partial charge is 0.293 e. The van der Waals surface area contributed by atoms with Gasteiger partial charge in [0.15, 0.2) is 0 Å². The number of methoxy groups -OCH3 is 1. The summed E-state index contributed by atoms with van der Waals surface area (Å²) in [5.74, 6) is 0.105. The lowest BCUT2D eigenvalue weighted by atomic mass is 9.97. The minimum Gasteiger partial charge on any atom is -0.497 e. The number of amides is 2. The van der Waals surface area contributed by atoms with Crippen LogP contribution in [0.3, 0.4) is 0 Å². The summed E-state index contributed by atoms with van der Waals surface area (Å²) >= 11 is 0. The molecule has 0 fully saturated rings. The van der Waals surface area contributed by atoms with Gasteiger partial charge in [-0.1, -0.05) is 44.9 Å². The van der Waals surface area contributed by atoms with Crippen LogP contribution in [0.1, 0.15) is 50.1 Å². The van der Waals surface area contributed by atoms with Gasteiger partial charge in [0, 0.05) is 23.1 Å². The third-order valence-corrected chi connectivity index (χ3v) is 5.02. The van der Waals surface area contributed by atoms with E-state index in [1.165, 1.54) is 0 Å². The highest BCUT2D eigenvalue weighted by atomic mass is 16.5. The second kappa shape index (κ2) is 9.96. The number of furan rings is 1. The summed E-state index contributed by atoms with van der Waals surface area (Å²) in [6.45, 7) is 4.13. The highest BCUT2D eigenvalue weighted by molar-refractivity contribution is 6.14. The van der Waals surface area contributed by atoms with E-state index in [1.807, 2.05) is 18.2 Å². The molecule has 0 aliphatic carbocycles. The highest BCUT2D eigenvalue weighted by Gasteiger charge is 2.25. The van der Waals surface area contributed by atoms with Crippen LogP contribution in [0.4, 0.5) is 11.4 Å². The zero-order valence-electron chi connectivity index (χ0n) is 17.7. The third-order valence-electron chi connectivity index (χ3n) is 5.02. The van der Waals surface area contributed by atoms with Gasteiger partial charge in [0.05, 0.1) is 7.11 Å². The lowest BCUT2D eigenvalue weighted by Crippen LogP contribution is -2.24. The van der Waals surface area contributed by atoms with Gasteiger partial charge in [0.2, 0.25) is 11.7 Å². The molecule has 2 aromatic carbocycles. The molecular weight excluding hydrogens is 380 g/mol. The molecule has 6 heteroatoms. The number of benzene rings is 2. The van der Waals surface area contributed by atoms with Crippen molar-refractivity contribution in [2.24, 2.45) is 5.92 Å². The molecule has 158 valence electrons. The monoisotopic (exact) mass is 408 g/mol. The van der Waals surface area contributed by atoms with Crippen molar-refractivity contribution >= 4 is 34.2 Å². The number of carbonyl (C=O) groups excluding carboxylic acids is 2. The van der Waals surface area contributed by atoms with E-state index >= 15 is 0 Å². The Balaban J connectivity index is 1.92. The molecule has 0 saturated heterocycles. The zero-order valence-corrected chi connectivity index (χ0v) is 17.7. The summed E-state index contributed by atoms with van der Waals surface area (Å²) < 4.78 is 11.0. The number of fused-ring (bicyclic) bond motifs is 1. The Labute approximate surface area is 176 Å². The van der Waals surface area contributed by atoms with Crippen LogP contribution in [0.5, 0.6) is 5.75 Å². The van der Waals surface area contributed by atoms with Crippen LogP contribution in [0.2, 0.25) is 0 Å². The number of rotatable bonds is 9. The number of hydrogen-bond donors (Lipinski definition) is 2. The minimum atomic E-state index is -0.433. The van der Waals surface area contributed by atoms with E-state index in [9.17, 15) is 9.59 Å². The summed E-state index contributed by atoms with van der Waals surface area (Å²) in [4.78, 5) is 26.0. The Morgan fingerprint density at radius 2 is 1.73 bits per heavy atom. The molecule has 30 heavy (non-hydrogen) atoms. The second-order valence-corrected chi connectivity index (χ2v) is 7.25. The summed E-state index contributed by atoms with van der Waals surface area (Å²) in [5.41, 5.74) is 1.53. The van der Waals surface area contributed by atoms with E-state index in [4.69, 9.17) is 9.15 Å². The van der Waals surface area contributed by atoms with Crippen molar-refractivity contribution in [3.8, 4) is 5.75 Å². The van der Waals surface area contributed by atoms with Crippen molar-refractivity contribution in [3.05, 3.63) is 54.3 Å². The van der Waals surface area contributed by atoms with Gasteiger partial charge in [0.1, 0.15) is 17.0 Å². The fourth-order valence-electron chi connectivity index (χ4n) is 3.55. The van der Waals surface area contributed by atoms with E-state index in [1.54, 1.807) is 37.4 Å². The molecule has 3 rings (SSSR count). The first kappa shape index (κ1) is 21.4. The van der Waals surface area contributed by atoms with Gasteiger partial charge in [-0.25, -0.2) is 0 Å². The Kier molecular flexibility index (Phi) is 7.12. The molecule has 1 aromatic heterocycles. The zero-order chi connectivity index (χ0) is 21.5. The van der Waals surface area contributed by atoms with Crippen LogP contribution in [0.25, 0.3) is 11.0 Å². The van der Waals surface area contributed by atoms with E-state index in [0.717, 1.165) is 25.7 Å². The van der Waals surface area contributed by atoms with Crippen LogP contribution in [0.15, 0.2) is 52.9 Å². The van der Waals surface area contributed by atoms with Crippen molar-refractivity contribution in [1.82, 2.24) is 0 Å². The number of carbonyl (C=O) groups is 2. The van der Waals surface area contributed by atoms with E-state index in [2.05, 4.69) is 24.5 Å². The van der Waals surface area contributed by atoms with Gasteiger partial charge < -0.3 is 19.8 Å². The van der Waals surface area contributed by atoms with Crippen LogP contribution < -0.4 is 15.4 Å². The predicted octanol–water partition coefficient (Wildman–Crippen LogP) is 5.85. The molecule has 0 radical (unpaired) electrons. The molecule has 0 spiro atoms. The third kappa shape index (κ3) is 4.82. The van der Waals surface area contributed by atoms with Crippen molar-refractivity contribution in [2.45, 2.75) is 39.5 Å². The average molecular weight is 408 g/mol. The first-order chi connectivity index (χ1) is 14.6. The highest BCUT2D eigenvalue weighted by Crippen LogP contribution is 2.32. The molecule has 0 unspecified atom stereocenters. The number of nitrogens with one attached hydrogen (secondary N) is 2. The summed E-state index contributed by atoms with van der Waals surface area (Å²) in [5, 5.41) is 6.50. The molecule has 2 amide bonds. The molecule has 1 heterocycles. The van der Waals surface area contributed by atoms with Gasteiger partial charge in [-0.2, -0.15) is 0 Å². The average Bonchev–Trinajstić information content (AvgIpc) is 3.12. The topological polar surface area (TPSA) is 80.6 Å². The predicted molar refractivity (Wildman–Crippen MR) is 119 cm³/mol.